The van der Waals surface area contributed by atoms with Gasteiger partial charge in [0.25, 0.3) is 0 Å². The average Bonchev–Trinajstić information content (AvgIpc) is 2.29. The number of hydrogen-bond acceptors (Lipinski definition) is 2. The molecule has 1 aromatic carbocycles. The molecule has 1 amide bonds. The third-order valence-electron chi connectivity index (χ3n) is 2.93. The summed E-state index contributed by atoms with van der Waals surface area (Å²) in [6.45, 7) is 5.52. The van der Waals surface area contributed by atoms with Gasteiger partial charge in [-0.1, -0.05) is 26.0 Å². The Hall–Kier alpha value is -1.42. The van der Waals surface area contributed by atoms with Gasteiger partial charge >= 0.3 is 0 Å². The quantitative estimate of drug-likeness (QED) is 0.626. The molecule has 4 heteroatoms. The van der Waals surface area contributed by atoms with Gasteiger partial charge in [-0.05, 0) is 36.5 Å². The fourth-order valence-corrected chi connectivity index (χ4v) is 1.80. The largest absolute Gasteiger partial charge is 0.289 e. The number of rotatable bonds is 4. The zero-order chi connectivity index (χ0) is 13.0. The summed E-state index contributed by atoms with van der Waals surface area (Å²) in [4.78, 5) is 11.5. The molecule has 3 nitrogen and oxygen atoms in total. The molecule has 0 fully saturated rings. The maximum absolute atomic E-state index is 13.1. The summed E-state index contributed by atoms with van der Waals surface area (Å²) < 4.78 is 13.1. The van der Waals surface area contributed by atoms with E-state index in [1.807, 2.05) is 13.8 Å². The molecule has 0 aromatic heterocycles. The molecule has 0 spiro atoms. The Balaban J connectivity index is 2.86. The number of carbonyl (C=O) groups excluding carboxylic acids is 1. The van der Waals surface area contributed by atoms with Crippen molar-refractivity contribution >= 4 is 5.91 Å². The number of amides is 1. The van der Waals surface area contributed by atoms with Gasteiger partial charge in [0.2, 0.25) is 5.91 Å². The summed E-state index contributed by atoms with van der Waals surface area (Å²) in [6, 6.07) is 4.80. The third-order valence-corrected chi connectivity index (χ3v) is 2.93. The number of carbonyl (C=O) groups is 1. The molecule has 17 heavy (non-hydrogen) atoms. The molecular formula is C13H18FNO2. The molecule has 0 saturated carbocycles. The lowest BCUT2D eigenvalue weighted by atomic mass is 9.88. The van der Waals surface area contributed by atoms with Gasteiger partial charge in [0, 0.05) is 5.92 Å². The first-order valence-electron chi connectivity index (χ1n) is 5.64. The topological polar surface area (TPSA) is 49.3 Å². The van der Waals surface area contributed by atoms with Crippen LogP contribution in [0.3, 0.4) is 0 Å². The highest BCUT2D eigenvalue weighted by Crippen LogP contribution is 2.19. The highest BCUT2D eigenvalue weighted by molar-refractivity contribution is 5.78. The second-order valence-corrected chi connectivity index (χ2v) is 4.61. The van der Waals surface area contributed by atoms with Gasteiger partial charge in [-0.3, -0.25) is 10.0 Å². The van der Waals surface area contributed by atoms with Gasteiger partial charge < -0.3 is 0 Å². The van der Waals surface area contributed by atoms with E-state index < -0.39 is 5.91 Å². The van der Waals surface area contributed by atoms with Crippen LogP contribution in [0.1, 0.15) is 25.0 Å². The molecule has 0 radical (unpaired) electrons. The van der Waals surface area contributed by atoms with Crippen LogP contribution in [0.5, 0.6) is 0 Å². The van der Waals surface area contributed by atoms with Crippen molar-refractivity contribution in [3.63, 3.8) is 0 Å². The number of nitrogens with one attached hydrogen (secondary N) is 1. The van der Waals surface area contributed by atoms with E-state index in [1.165, 1.54) is 6.07 Å². The summed E-state index contributed by atoms with van der Waals surface area (Å²) in [6.07, 6.45) is 0.491. The smallest absolute Gasteiger partial charge is 0.247 e. The van der Waals surface area contributed by atoms with E-state index in [9.17, 15) is 9.18 Å². The molecule has 1 aromatic rings. The van der Waals surface area contributed by atoms with Crippen LogP contribution in [0.25, 0.3) is 0 Å². The molecule has 0 aliphatic carbocycles. The summed E-state index contributed by atoms with van der Waals surface area (Å²) in [5.74, 6) is -0.860. The van der Waals surface area contributed by atoms with E-state index in [2.05, 4.69) is 0 Å². The van der Waals surface area contributed by atoms with Crippen LogP contribution < -0.4 is 5.48 Å². The predicted octanol–water partition coefficient (Wildman–Crippen LogP) is 2.45. The normalized spacial score (nSPS) is 12.6. The summed E-state index contributed by atoms with van der Waals surface area (Å²) in [5, 5.41) is 8.67. The minimum absolute atomic E-state index is 0.104. The van der Waals surface area contributed by atoms with Crippen molar-refractivity contribution in [1.82, 2.24) is 5.48 Å². The number of benzene rings is 1. The summed E-state index contributed by atoms with van der Waals surface area (Å²) in [5.41, 5.74) is 3.14. The highest BCUT2D eigenvalue weighted by atomic mass is 19.1. The Kier molecular flexibility index (Phi) is 4.63. The number of aryl methyl sites for hydroxylation is 1. The van der Waals surface area contributed by atoms with Crippen molar-refractivity contribution < 1.29 is 14.4 Å². The fourth-order valence-electron chi connectivity index (χ4n) is 1.80. The molecule has 0 bridgehead atoms. The highest BCUT2D eigenvalue weighted by Gasteiger charge is 2.22. The van der Waals surface area contributed by atoms with E-state index in [0.717, 1.165) is 5.56 Å². The van der Waals surface area contributed by atoms with Crippen LogP contribution in [-0.4, -0.2) is 11.1 Å². The second-order valence-electron chi connectivity index (χ2n) is 4.61. The lowest BCUT2D eigenvalue weighted by Crippen LogP contribution is -2.32. The summed E-state index contributed by atoms with van der Waals surface area (Å²) in [7, 11) is 0. The molecule has 1 rings (SSSR count). The van der Waals surface area contributed by atoms with Gasteiger partial charge in [0.1, 0.15) is 5.82 Å². The zero-order valence-electron chi connectivity index (χ0n) is 10.3. The first-order chi connectivity index (χ1) is 7.95. The number of hydrogen-bond donors (Lipinski definition) is 2. The van der Waals surface area contributed by atoms with E-state index in [4.69, 9.17) is 5.21 Å². The molecule has 0 aliphatic heterocycles. The first kappa shape index (κ1) is 13.6. The minimum atomic E-state index is -0.401. The third kappa shape index (κ3) is 3.53. The van der Waals surface area contributed by atoms with Gasteiger partial charge in [0.05, 0.1) is 0 Å². The van der Waals surface area contributed by atoms with Crippen LogP contribution in [0, 0.1) is 24.6 Å². The Bertz CT molecular complexity index is 404. The maximum atomic E-state index is 13.1. The van der Waals surface area contributed by atoms with Gasteiger partial charge in [-0.2, -0.15) is 0 Å². The van der Waals surface area contributed by atoms with Crippen LogP contribution in [0.2, 0.25) is 0 Å². The van der Waals surface area contributed by atoms with E-state index >= 15 is 0 Å². The molecular weight excluding hydrogens is 221 g/mol. The standard InChI is InChI=1S/C13H18FNO2/c1-8(2)11(13(16)15-17)7-10-4-5-12(14)9(3)6-10/h4-6,8,11,17H,7H2,1-3H3,(H,15,16)/t11-/m0/s1. The fraction of sp³-hybridized carbons (Fsp3) is 0.462. The monoisotopic (exact) mass is 239 g/mol. The molecule has 94 valence electrons. The van der Waals surface area contributed by atoms with Crippen LogP contribution >= 0.6 is 0 Å². The van der Waals surface area contributed by atoms with Crippen LogP contribution in [0.4, 0.5) is 4.39 Å². The first-order valence-corrected chi connectivity index (χ1v) is 5.64. The Labute approximate surface area is 101 Å². The van der Waals surface area contributed by atoms with Crippen molar-refractivity contribution in [1.29, 1.82) is 0 Å². The van der Waals surface area contributed by atoms with Crippen molar-refractivity contribution in [2.75, 3.05) is 0 Å². The van der Waals surface area contributed by atoms with Gasteiger partial charge in [-0.15, -0.1) is 0 Å². The summed E-state index contributed by atoms with van der Waals surface area (Å²) >= 11 is 0. The van der Waals surface area contributed by atoms with E-state index in [-0.39, 0.29) is 17.7 Å². The molecule has 0 heterocycles. The van der Waals surface area contributed by atoms with Crippen LogP contribution in [-0.2, 0) is 11.2 Å². The van der Waals surface area contributed by atoms with E-state index in [0.29, 0.717) is 12.0 Å². The molecule has 0 aliphatic rings. The maximum Gasteiger partial charge on any atom is 0.247 e. The lowest BCUT2D eigenvalue weighted by molar-refractivity contribution is -0.134. The molecule has 1 atom stereocenters. The SMILES string of the molecule is Cc1cc(C[C@H](C(=O)NO)C(C)C)ccc1F. The molecule has 2 N–H and O–H groups in total. The predicted molar refractivity (Wildman–Crippen MR) is 63.1 cm³/mol. The average molecular weight is 239 g/mol. The minimum Gasteiger partial charge on any atom is -0.289 e. The molecule has 0 saturated heterocycles. The lowest BCUT2D eigenvalue weighted by Gasteiger charge is -2.18. The Morgan fingerprint density at radius 2 is 2.12 bits per heavy atom. The number of halogens is 1. The van der Waals surface area contributed by atoms with Crippen molar-refractivity contribution in [2.45, 2.75) is 27.2 Å². The Morgan fingerprint density at radius 3 is 2.59 bits per heavy atom. The van der Waals surface area contributed by atoms with Gasteiger partial charge in [-0.25, -0.2) is 9.87 Å². The van der Waals surface area contributed by atoms with Crippen molar-refractivity contribution in [3.05, 3.63) is 35.1 Å². The van der Waals surface area contributed by atoms with Crippen molar-refractivity contribution in [3.8, 4) is 0 Å². The van der Waals surface area contributed by atoms with Crippen molar-refractivity contribution in [2.24, 2.45) is 11.8 Å². The molecule has 0 unspecified atom stereocenters. The second kappa shape index (κ2) is 5.77. The van der Waals surface area contributed by atoms with E-state index in [1.54, 1.807) is 24.5 Å². The van der Waals surface area contributed by atoms with Crippen LogP contribution in [0.15, 0.2) is 18.2 Å². The van der Waals surface area contributed by atoms with Gasteiger partial charge in [0.15, 0.2) is 0 Å². The number of hydroxylamine groups is 1. The zero-order valence-corrected chi connectivity index (χ0v) is 10.3. The Morgan fingerprint density at radius 1 is 1.47 bits per heavy atom.